The molecule has 0 saturated carbocycles. The number of fused-ring (bicyclic) bond motifs is 1. The summed E-state index contributed by atoms with van der Waals surface area (Å²) in [6.07, 6.45) is 1.49. The Morgan fingerprint density at radius 3 is 2.73 bits per heavy atom. The number of Topliss-reactive ketones (excluding diaryl/α,β-unsaturated/α-hetero) is 1. The van der Waals surface area contributed by atoms with E-state index < -0.39 is 0 Å². The number of amides is 1. The van der Waals surface area contributed by atoms with Gasteiger partial charge in [-0.05, 0) is 48.4 Å². The summed E-state index contributed by atoms with van der Waals surface area (Å²) in [4.78, 5) is 37.8. The molecule has 0 heterocycles. The van der Waals surface area contributed by atoms with Crippen LogP contribution in [0, 0.1) is 5.92 Å². The quantitative estimate of drug-likeness (QED) is 0.633. The first-order valence-electron chi connectivity index (χ1n) is 7.05. The molecule has 2 rings (SSSR count). The zero-order valence-electron chi connectivity index (χ0n) is 12.9. The highest BCUT2D eigenvalue weighted by molar-refractivity contribution is 8.13. The van der Waals surface area contributed by atoms with Crippen LogP contribution in [0.1, 0.15) is 28.8 Å². The van der Waals surface area contributed by atoms with E-state index in [4.69, 9.17) is 0 Å². The van der Waals surface area contributed by atoms with Crippen LogP contribution in [0.3, 0.4) is 0 Å². The molecule has 0 aromatic heterocycles. The molecular formula is C16H19NO4S. The van der Waals surface area contributed by atoms with Crippen LogP contribution in [0.15, 0.2) is 23.1 Å². The van der Waals surface area contributed by atoms with Gasteiger partial charge < -0.3 is 9.64 Å². The fourth-order valence-electron chi connectivity index (χ4n) is 2.43. The van der Waals surface area contributed by atoms with Gasteiger partial charge in [-0.2, -0.15) is 0 Å². The van der Waals surface area contributed by atoms with Crippen LogP contribution in [0.5, 0.6) is 0 Å². The van der Waals surface area contributed by atoms with Crippen molar-refractivity contribution in [2.75, 3.05) is 21.2 Å². The summed E-state index contributed by atoms with van der Waals surface area (Å²) in [7, 11) is 4.73. The minimum atomic E-state index is -0.356. The number of nitrogens with zero attached hydrogens (tertiary/aromatic N) is 1. The zero-order valence-corrected chi connectivity index (χ0v) is 13.7. The number of rotatable bonds is 3. The van der Waals surface area contributed by atoms with Crippen LogP contribution in [-0.4, -0.2) is 43.1 Å². The topological polar surface area (TPSA) is 63.7 Å². The molecule has 0 spiro atoms. The summed E-state index contributed by atoms with van der Waals surface area (Å²) in [6, 6.07) is 5.43. The number of carbonyl (C=O) groups is 3. The molecule has 0 radical (unpaired) electrons. The first kappa shape index (κ1) is 16.5. The molecule has 118 valence electrons. The fourth-order valence-corrected chi connectivity index (χ4v) is 3.15. The van der Waals surface area contributed by atoms with E-state index in [-0.39, 0.29) is 29.3 Å². The molecule has 0 N–H and O–H groups in total. The highest BCUT2D eigenvalue weighted by Gasteiger charge is 2.29. The number of carbonyl (C=O) groups excluding carboxylic acids is 3. The lowest BCUT2D eigenvalue weighted by atomic mass is 9.81. The molecule has 6 heteroatoms. The number of ketones is 1. The monoisotopic (exact) mass is 321 g/mol. The van der Waals surface area contributed by atoms with E-state index in [0.29, 0.717) is 12.0 Å². The summed E-state index contributed by atoms with van der Waals surface area (Å²) in [6.45, 7) is 0. The Hall–Kier alpha value is -1.82. The number of esters is 1. The molecule has 5 nitrogen and oxygen atoms in total. The van der Waals surface area contributed by atoms with Gasteiger partial charge in [-0.3, -0.25) is 14.4 Å². The summed E-state index contributed by atoms with van der Waals surface area (Å²) in [5, 5.41) is -0.0503. The molecule has 1 aromatic carbocycles. The second-order valence-electron chi connectivity index (χ2n) is 5.46. The molecule has 1 aliphatic rings. The summed E-state index contributed by atoms with van der Waals surface area (Å²) in [5.41, 5.74) is 1.60. The zero-order chi connectivity index (χ0) is 16.3. The Kier molecular flexibility index (Phi) is 5.24. The molecule has 1 aliphatic carbocycles. The predicted molar refractivity (Wildman–Crippen MR) is 84.2 cm³/mol. The predicted octanol–water partition coefficient (Wildman–Crippen LogP) is 2.77. The van der Waals surface area contributed by atoms with Gasteiger partial charge in [0.1, 0.15) is 0 Å². The Labute approximate surface area is 134 Å². The van der Waals surface area contributed by atoms with E-state index in [1.54, 1.807) is 26.2 Å². The lowest BCUT2D eigenvalue weighted by Gasteiger charge is -2.23. The third-order valence-corrected chi connectivity index (χ3v) is 4.72. The van der Waals surface area contributed by atoms with E-state index in [9.17, 15) is 14.4 Å². The van der Waals surface area contributed by atoms with Gasteiger partial charge in [0.25, 0.3) is 5.24 Å². The van der Waals surface area contributed by atoms with Crippen LogP contribution in [-0.2, 0) is 16.0 Å². The van der Waals surface area contributed by atoms with Gasteiger partial charge in [0.15, 0.2) is 5.78 Å². The van der Waals surface area contributed by atoms with Gasteiger partial charge in [0.05, 0.1) is 13.5 Å². The molecule has 22 heavy (non-hydrogen) atoms. The van der Waals surface area contributed by atoms with Crippen LogP contribution >= 0.6 is 11.8 Å². The molecule has 1 unspecified atom stereocenters. The Morgan fingerprint density at radius 2 is 2.09 bits per heavy atom. The maximum Gasteiger partial charge on any atom is 0.306 e. The second kappa shape index (κ2) is 6.96. The maximum atomic E-state index is 12.4. The van der Waals surface area contributed by atoms with E-state index in [1.165, 1.54) is 12.0 Å². The number of thioether (sulfide) groups is 1. The van der Waals surface area contributed by atoms with Gasteiger partial charge in [-0.25, -0.2) is 0 Å². The van der Waals surface area contributed by atoms with Crippen molar-refractivity contribution >= 4 is 28.8 Å². The van der Waals surface area contributed by atoms with Crippen molar-refractivity contribution in [3.8, 4) is 0 Å². The van der Waals surface area contributed by atoms with Gasteiger partial charge in [0.2, 0.25) is 0 Å². The second-order valence-corrected chi connectivity index (χ2v) is 6.49. The lowest BCUT2D eigenvalue weighted by molar-refractivity contribution is -0.141. The molecule has 1 atom stereocenters. The Balaban J connectivity index is 2.15. The normalized spacial score (nSPS) is 16.9. The molecule has 0 aliphatic heterocycles. The Morgan fingerprint density at radius 1 is 1.36 bits per heavy atom. The average Bonchev–Trinajstić information content (AvgIpc) is 2.49. The van der Waals surface area contributed by atoms with Crippen molar-refractivity contribution in [1.82, 2.24) is 4.90 Å². The summed E-state index contributed by atoms with van der Waals surface area (Å²) < 4.78 is 4.64. The maximum absolute atomic E-state index is 12.4. The number of ether oxygens (including phenoxy) is 1. The third kappa shape index (κ3) is 3.68. The molecule has 0 saturated heterocycles. The van der Waals surface area contributed by atoms with Gasteiger partial charge in [-0.15, -0.1) is 0 Å². The average molecular weight is 321 g/mol. The smallest absolute Gasteiger partial charge is 0.306 e. The summed E-state index contributed by atoms with van der Waals surface area (Å²) in [5.74, 6) is -0.672. The molecular weight excluding hydrogens is 302 g/mol. The standard InChI is InChI=1S/C16H19NO4S/c1-17(2)16(20)22-12-6-7-13-10(8-12)4-5-11(15(13)19)9-14(18)21-3/h6-8,11H,4-5,9H2,1-3H3. The highest BCUT2D eigenvalue weighted by Crippen LogP contribution is 2.31. The van der Waals surface area contributed by atoms with Gasteiger partial charge >= 0.3 is 5.97 Å². The van der Waals surface area contributed by atoms with Crippen molar-refractivity contribution in [1.29, 1.82) is 0 Å². The van der Waals surface area contributed by atoms with E-state index in [2.05, 4.69) is 4.74 Å². The lowest BCUT2D eigenvalue weighted by Crippen LogP contribution is -2.25. The summed E-state index contributed by atoms with van der Waals surface area (Å²) >= 11 is 1.14. The number of aryl methyl sites for hydroxylation is 1. The minimum Gasteiger partial charge on any atom is -0.469 e. The van der Waals surface area contributed by atoms with Crippen LogP contribution in [0.2, 0.25) is 0 Å². The molecule has 1 amide bonds. The number of benzene rings is 1. The van der Waals surface area contributed by atoms with Crippen LogP contribution in [0.4, 0.5) is 4.79 Å². The van der Waals surface area contributed by atoms with E-state index >= 15 is 0 Å². The first-order chi connectivity index (χ1) is 10.4. The van der Waals surface area contributed by atoms with Crippen molar-refractivity contribution in [2.24, 2.45) is 5.92 Å². The SMILES string of the molecule is COC(=O)CC1CCc2cc(SC(=O)N(C)C)ccc2C1=O. The highest BCUT2D eigenvalue weighted by atomic mass is 32.2. The number of hydrogen-bond donors (Lipinski definition) is 0. The van der Waals surface area contributed by atoms with Crippen molar-refractivity contribution in [3.05, 3.63) is 29.3 Å². The van der Waals surface area contributed by atoms with Gasteiger partial charge in [0, 0.05) is 30.5 Å². The molecule has 0 fully saturated rings. The van der Waals surface area contributed by atoms with Crippen LogP contribution < -0.4 is 0 Å². The number of hydrogen-bond acceptors (Lipinski definition) is 5. The molecule has 1 aromatic rings. The largest absolute Gasteiger partial charge is 0.469 e. The van der Waals surface area contributed by atoms with Gasteiger partial charge in [-0.1, -0.05) is 0 Å². The van der Waals surface area contributed by atoms with E-state index in [1.807, 2.05) is 6.07 Å². The van der Waals surface area contributed by atoms with E-state index in [0.717, 1.165) is 28.6 Å². The molecule has 0 bridgehead atoms. The van der Waals surface area contributed by atoms with Crippen LogP contribution in [0.25, 0.3) is 0 Å². The van der Waals surface area contributed by atoms with Crippen molar-refractivity contribution in [3.63, 3.8) is 0 Å². The minimum absolute atomic E-state index is 0.0119. The Bertz CT molecular complexity index is 612. The number of methoxy groups -OCH3 is 1. The first-order valence-corrected chi connectivity index (χ1v) is 7.87. The van der Waals surface area contributed by atoms with Crippen molar-refractivity contribution < 1.29 is 19.1 Å². The fraction of sp³-hybridized carbons (Fsp3) is 0.438. The van der Waals surface area contributed by atoms with Crippen molar-refractivity contribution in [2.45, 2.75) is 24.2 Å². The third-order valence-electron chi connectivity index (χ3n) is 3.69.